The average molecular weight is 282 g/mol. The summed E-state index contributed by atoms with van der Waals surface area (Å²) < 4.78 is 0. The fourth-order valence-corrected chi connectivity index (χ4v) is 2.39. The maximum atomic E-state index is 9.49. The molecule has 6 heteroatoms. The highest BCUT2D eigenvalue weighted by atomic mass is 32.1. The van der Waals surface area contributed by atoms with E-state index in [0.717, 1.165) is 29.7 Å². The van der Waals surface area contributed by atoms with Gasteiger partial charge in [-0.05, 0) is 25.3 Å². The molecule has 1 unspecified atom stereocenters. The van der Waals surface area contributed by atoms with E-state index in [1.807, 2.05) is 18.9 Å². The van der Waals surface area contributed by atoms with Crippen LogP contribution in [0.3, 0.4) is 0 Å². The Hall–Kier alpha value is -1.27. The Bertz CT molecular complexity index is 462. The van der Waals surface area contributed by atoms with Gasteiger partial charge in [0.1, 0.15) is 4.99 Å². The second-order valence-electron chi connectivity index (χ2n) is 4.62. The summed E-state index contributed by atoms with van der Waals surface area (Å²) in [7, 11) is 1.85. The Balaban J connectivity index is 3.35. The number of nitrogens with two attached hydrogens (primary N) is 1. The van der Waals surface area contributed by atoms with Crippen LogP contribution in [0.4, 0.5) is 5.82 Å². The number of aromatic nitrogens is 2. The van der Waals surface area contributed by atoms with Crippen molar-refractivity contribution in [3.63, 3.8) is 0 Å². The van der Waals surface area contributed by atoms with E-state index in [1.165, 1.54) is 0 Å². The number of thiocarbonyl (C=S) groups is 1. The molecule has 0 saturated carbocycles. The summed E-state index contributed by atoms with van der Waals surface area (Å²) in [4.78, 5) is 2.17. The number of hydrogen-bond donors (Lipinski definition) is 2. The molecule has 1 atom stereocenters. The average Bonchev–Trinajstić information content (AvgIpc) is 2.35. The van der Waals surface area contributed by atoms with E-state index in [9.17, 15) is 5.11 Å². The first-order valence-corrected chi connectivity index (χ1v) is 6.90. The quantitative estimate of drug-likeness (QED) is 0.760. The van der Waals surface area contributed by atoms with Crippen molar-refractivity contribution in [1.29, 1.82) is 0 Å². The highest BCUT2D eigenvalue weighted by Gasteiger charge is 2.19. The van der Waals surface area contributed by atoms with Gasteiger partial charge in [0, 0.05) is 13.6 Å². The zero-order valence-corrected chi connectivity index (χ0v) is 12.8. The number of anilines is 1. The molecule has 1 aromatic rings. The van der Waals surface area contributed by atoms with Crippen molar-refractivity contribution < 1.29 is 5.11 Å². The maximum Gasteiger partial charge on any atom is 0.161 e. The molecule has 0 fully saturated rings. The van der Waals surface area contributed by atoms with Crippen LogP contribution in [0.1, 0.15) is 37.6 Å². The second kappa shape index (κ2) is 6.77. The smallest absolute Gasteiger partial charge is 0.161 e. The number of aliphatic hydroxyl groups excluding tert-OH is 1. The Morgan fingerprint density at radius 2 is 2.00 bits per heavy atom. The van der Waals surface area contributed by atoms with E-state index < -0.39 is 6.10 Å². The minimum atomic E-state index is -0.457. The topological polar surface area (TPSA) is 75.3 Å². The second-order valence-corrected chi connectivity index (χ2v) is 5.06. The standard InChI is InChI=1S/C13H22N4OS/c1-5-9-10(6-2)15-16-13(11(9)12(14)19)17(4)7-8(3)18/h8,18H,5-7H2,1-4H3,(H2,14,19). The van der Waals surface area contributed by atoms with Crippen LogP contribution in [0.5, 0.6) is 0 Å². The van der Waals surface area contributed by atoms with Crippen molar-refractivity contribution in [1.82, 2.24) is 10.2 Å². The third-order valence-corrected chi connectivity index (χ3v) is 3.18. The molecule has 0 aliphatic rings. The summed E-state index contributed by atoms with van der Waals surface area (Å²) in [5, 5.41) is 18.0. The van der Waals surface area contributed by atoms with Crippen LogP contribution >= 0.6 is 12.2 Å². The molecule has 1 heterocycles. The first kappa shape index (κ1) is 15.8. The van der Waals surface area contributed by atoms with E-state index in [2.05, 4.69) is 17.1 Å². The van der Waals surface area contributed by atoms with E-state index in [4.69, 9.17) is 18.0 Å². The largest absolute Gasteiger partial charge is 0.392 e. The molecule has 0 bridgehead atoms. The first-order valence-electron chi connectivity index (χ1n) is 6.49. The lowest BCUT2D eigenvalue weighted by atomic mass is 10.0. The van der Waals surface area contributed by atoms with Gasteiger partial charge in [0.05, 0.1) is 17.4 Å². The van der Waals surface area contributed by atoms with Gasteiger partial charge in [0.2, 0.25) is 0 Å². The molecule has 0 amide bonds. The molecule has 1 aromatic heterocycles. The van der Waals surface area contributed by atoms with Crippen LogP contribution in [0, 0.1) is 0 Å². The number of aryl methyl sites for hydroxylation is 1. The first-order chi connectivity index (χ1) is 8.92. The van der Waals surface area contributed by atoms with Crippen molar-refractivity contribution in [2.45, 2.75) is 39.7 Å². The van der Waals surface area contributed by atoms with Crippen LogP contribution in [0.15, 0.2) is 0 Å². The van der Waals surface area contributed by atoms with E-state index >= 15 is 0 Å². The number of hydrogen-bond acceptors (Lipinski definition) is 5. The molecular formula is C13H22N4OS. The van der Waals surface area contributed by atoms with E-state index in [-0.39, 0.29) is 0 Å². The minimum absolute atomic E-state index is 0.328. The number of aliphatic hydroxyl groups is 1. The van der Waals surface area contributed by atoms with Crippen molar-refractivity contribution >= 4 is 23.0 Å². The van der Waals surface area contributed by atoms with Gasteiger partial charge in [-0.15, -0.1) is 5.10 Å². The lowest BCUT2D eigenvalue weighted by Gasteiger charge is -2.23. The number of likely N-dealkylation sites (N-methyl/N-ethyl adjacent to an activating group) is 1. The van der Waals surface area contributed by atoms with Gasteiger partial charge < -0.3 is 15.7 Å². The molecule has 0 aromatic carbocycles. The fourth-order valence-electron chi connectivity index (χ4n) is 2.17. The zero-order valence-electron chi connectivity index (χ0n) is 12.0. The third-order valence-electron chi connectivity index (χ3n) is 2.97. The van der Waals surface area contributed by atoms with E-state index in [1.54, 1.807) is 6.92 Å². The van der Waals surface area contributed by atoms with Gasteiger partial charge in [-0.2, -0.15) is 5.10 Å². The van der Waals surface area contributed by atoms with Gasteiger partial charge in [0.15, 0.2) is 5.82 Å². The Labute approximate surface area is 119 Å². The Kier molecular flexibility index (Phi) is 5.62. The van der Waals surface area contributed by atoms with Crippen LogP contribution < -0.4 is 10.6 Å². The van der Waals surface area contributed by atoms with Crippen LogP contribution in [-0.2, 0) is 12.8 Å². The van der Waals surface area contributed by atoms with Crippen molar-refractivity contribution in [2.75, 3.05) is 18.5 Å². The molecule has 0 radical (unpaired) electrons. The van der Waals surface area contributed by atoms with Crippen LogP contribution in [-0.4, -0.2) is 40.0 Å². The lowest BCUT2D eigenvalue weighted by molar-refractivity contribution is 0.201. The summed E-state index contributed by atoms with van der Waals surface area (Å²) in [5.74, 6) is 0.641. The molecular weight excluding hydrogens is 260 g/mol. The van der Waals surface area contributed by atoms with Gasteiger partial charge >= 0.3 is 0 Å². The van der Waals surface area contributed by atoms with Crippen molar-refractivity contribution in [3.8, 4) is 0 Å². The monoisotopic (exact) mass is 282 g/mol. The molecule has 3 N–H and O–H groups in total. The van der Waals surface area contributed by atoms with Crippen molar-refractivity contribution in [3.05, 3.63) is 16.8 Å². The van der Waals surface area contributed by atoms with Gasteiger partial charge in [0.25, 0.3) is 0 Å². The Morgan fingerprint density at radius 3 is 2.42 bits per heavy atom. The zero-order chi connectivity index (χ0) is 14.6. The summed E-state index contributed by atoms with van der Waals surface area (Å²) in [6.07, 6.45) is 1.15. The SMILES string of the molecule is CCc1nnc(N(C)CC(C)O)c(C(N)=S)c1CC. The number of rotatable bonds is 6. The molecule has 1 rings (SSSR count). The molecule has 5 nitrogen and oxygen atoms in total. The summed E-state index contributed by atoms with van der Waals surface area (Å²) in [5.41, 5.74) is 8.63. The van der Waals surface area contributed by atoms with Gasteiger partial charge in [-0.3, -0.25) is 0 Å². The molecule has 106 valence electrons. The normalized spacial score (nSPS) is 12.3. The third kappa shape index (κ3) is 3.61. The maximum absolute atomic E-state index is 9.49. The highest BCUT2D eigenvalue weighted by Crippen LogP contribution is 2.23. The predicted octanol–water partition coefficient (Wildman–Crippen LogP) is 1.05. The number of nitrogens with zero attached hydrogens (tertiary/aromatic N) is 3. The summed E-state index contributed by atoms with van der Waals surface area (Å²) >= 11 is 5.16. The van der Waals surface area contributed by atoms with Gasteiger partial charge in [-0.1, -0.05) is 26.1 Å². The van der Waals surface area contributed by atoms with Crippen LogP contribution in [0.2, 0.25) is 0 Å². The van der Waals surface area contributed by atoms with Crippen molar-refractivity contribution in [2.24, 2.45) is 5.73 Å². The lowest BCUT2D eigenvalue weighted by Crippen LogP contribution is -2.31. The highest BCUT2D eigenvalue weighted by molar-refractivity contribution is 7.80. The van der Waals surface area contributed by atoms with Crippen LogP contribution in [0.25, 0.3) is 0 Å². The molecule has 0 spiro atoms. The minimum Gasteiger partial charge on any atom is -0.392 e. The van der Waals surface area contributed by atoms with Gasteiger partial charge in [-0.25, -0.2) is 0 Å². The fraction of sp³-hybridized carbons (Fsp3) is 0.615. The van der Waals surface area contributed by atoms with E-state index in [0.29, 0.717) is 17.4 Å². The summed E-state index contributed by atoms with van der Waals surface area (Å²) in [6, 6.07) is 0. The predicted molar refractivity (Wildman–Crippen MR) is 81.6 cm³/mol. The molecule has 19 heavy (non-hydrogen) atoms. The Morgan fingerprint density at radius 1 is 1.37 bits per heavy atom. The summed E-state index contributed by atoms with van der Waals surface area (Å²) in [6.45, 7) is 6.27. The molecule has 0 aliphatic heterocycles. The molecule has 0 aliphatic carbocycles. The molecule has 0 saturated heterocycles.